The third-order valence-corrected chi connectivity index (χ3v) is 7.28. The molecule has 0 aliphatic rings. The number of amides is 4. The van der Waals surface area contributed by atoms with Crippen molar-refractivity contribution in [3.8, 4) is 0 Å². The minimum Gasteiger partial charge on any atom is -0.480 e. The highest BCUT2D eigenvalue weighted by Gasteiger charge is 2.39. The van der Waals surface area contributed by atoms with Crippen LogP contribution in [0.4, 0.5) is 14.4 Å². The van der Waals surface area contributed by atoms with Gasteiger partial charge in [0.2, 0.25) is 5.91 Å². The summed E-state index contributed by atoms with van der Waals surface area (Å²) >= 11 is 12.2. The Hall–Kier alpha value is -4.23. The van der Waals surface area contributed by atoms with E-state index in [0.29, 0.717) is 21.2 Å². The van der Waals surface area contributed by atoms with Gasteiger partial charge >= 0.3 is 24.2 Å². The second-order valence-corrected chi connectivity index (χ2v) is 12.3. The van der Waals surface area contributed by atoms with Gasteiger partial charge in [0.05, 0.1) is 0 Å². The van der Waals surface area contributed by atoms with Gasteiger partial charge in [-0.3, -0.25) is 4.79 Å². The summed E-state index contributed by atoms with van der Waals surface area (Å²) < 4.78 is 15.5. The number of benzene rings is 2. The SMILES string of the molecule is CC(C)(C)OC(=O)NCCC(=O)NC(CCCNC(=O)OCc1ccccc1Cl)(CCCNC(=O)OCc1ccccc1Cl)C(=O)O. The third-order valence-electron chi connectivity index (χ3n) is 6.54. The van der Waals surface area contributed by atoms with Crippen LogP contribution >= 0.6 is 23.2 Å². The van der Waals surface area contributed by atoms with E-state index in [1.165, 1.54) is 0 Å². The molecule has 13 nitrogen and oxygen atoms in total. The molecule has 0 aromatic heterocycles. The van der Waals surface area contributed by atoms with Gasteiger partial charge in [-0.2, -0.15) is 0 Å². The van der Waals surface area contributed by atoms with Crippen molar-refractivity contribution >= 4 is 53.4 Å². The number of alkyl carbamates (subject to hydrolysis) is 3. The second-order valence-electron chi connectivity index (χ2n) is 11.5. The van der Waals surface area contributed by atoms with Gasteiger partial charge in [-0.25, -0.2) is 19.2 Å². The highest BCUT2D eigenvalue weighted by molar-refractivity contribution is 6.31. The maximum absolute atomic E-state index is 12.8. The zero-order valence-electron chi connectivity index (χ0n) is 26.7. The van der Waals surface area contributed by atoms with Gasteiger partial charge in [0, 0.05) is 47.2 Å². The highest BCUT2D eigenvalue weighted by Crippen LogP contribution is 2.21. The summed E-state index contributed by atoms with van der Waals surface area (Å²) in [5.41, 5.74) is -1.22. The summed E-state index contributed by atoms with van der Waals surface area (Å²) in [6, 6.07) is 13.8. The molecule has 0 fully saturated rings. The molecule has 0 atom stereocenters. The molecule has 0 aliphatic carbocycles. The molecule has 0 saturated heterocycles. The predicted octanol–water partition coefficient (Wildman–Crippen LogP) is 5.56. The Kier molecular flexibility index (Phi) is 16.1. The molecule has 0 spiro atoms. The van der Waals surface area contributed by atoms with Crippen molar-refractivity contribution in [2.75, 3.05) is 19.6 Å². The number of hydrogen-bond donors (Lipinski definition) is 5. The van der Waals surface area contributed by atoms with Crippen LogP contribution in [0.3, 0.4) is 0 Å². The van der Waals surface area contributed by atoms with Crippen molar-refractivity contribution < 1.29 is 43.3 Å². The van der Waals surface area contributed by atoms with Crippen molar-refractivity contribution in [2.24, 2.45) is 0 Å². The Balaban J connectivity index is 1.94. The van der Waals surface area contributed by atoms with Crippen molar-refractivity contribution in [2.45, 2.75) is 77.2 Å². The van der Waals surface area contributed by atoms with Crippen LogP contribution in [-0.2, 0) is 37.0 Å². The molecule has 0 bridgehead atoms. The van der Waals surface area contributed by atoms with Gasteiger partial charge in [-0.1, -0.05) is 59.6 Å². The van der Waals surface area contributed by atoms with Crippen LogP contribution in [0, 0.1) is 0 Å². The van der Waals surface area contributed by atoms with E-state index in [1.807, 2.05) is 0 Å². The van der Waals surface area contributed by atoms with Crippen molar-refractivity contribution in [3.05, 3.63) is 69.7 Å². The van der Waals surface area contributed by atoms with Crippen LogP contribution in [-0.4, -0.2) is 66.0 Å². The molecule has 47 heavy (non-hydrogen) atoms. The first-order valence-corrected chi connectivity index (χ1v) is 15.8. The molecular formula is C32H42Cl2N4O9. The first kappa shape index (κ1) is 39.0. The number of aliphatic carboxylic acids is 1. The summed E-state index contributed by atoms with van der Waals surface area (Å²) in [5.74, 6) is -1.92. The molecule has 2 aromatic rings. The number of rotatable bonds is 17. The van der Waals surface area contributed by atoms with E-state index >= 15 is 0 Å². The molecule has 0 aliphatic heterocycles. The fraction of sp³-hybridized carbons (Fsp3) is 0.469. The van der Waals surface area contributed by atoms with Crippen LogP contribution in [0.15, 0.2) is 48.5 Å². The molecule has 4 amide bonds. The van der Waals surface area contributed by atoms with E-state index < -0.39 is 41.3 Å². The number of halogens is 2. The fourth-order valence-electron chi connectivity index (χ4n) is 4.22. The van der Waals surface area contributed by atoms with Crippen LogP contribution in [0.5, 0.6) is 0 Å². The zero-order chi connectivity index (χ0) is 34.9. The maximum atomic E-state index is 12.8. The minimum absolute atomic E-state index is 0.0498. The molecule has 2 rings (SSSR count). The van der Waals surface area contributed by atoms with Gasteiger partial charge in [-0.15, -0.1) is 0 Å². The summed E-state index contributed by atoms with van der Waals surface area (Å²) in [6.45, 7) is 5.01. The van der Waals surface area contributed by atoms with Crippen LogP contribution < -0.4 is 21.3 Å². The number of nitrogens with one attached hydrogen (secondary N) is 4. The molecule has 0 unspecified atom stereocenters. The Labute approximate surface area is 284 Å². The second kappa shape index (κ2) is 19.4. The lowest BCUT2D eigenvalue weighted by atomic mass is 9.87. The molecule has 0 heterocycles. The van der Waals surface area contributed by atoms with Gasteiger partial charge in [0.1, 0.15) is 24.4 Å². The zero-order valence-corrected chi connectivity index (χ0v) is 28.2. The molecule has 5 N–H and O–H groups in total. The monoisotopic (exact) mass is 696 g/mol. The number of carbonyl (C=O) groups is 5. The van der Waals surface area contributed by atoms with Gasteiger partial charge < -0.3 is 40.6 Å². The average molecular weight is 698 g/mol. The molecule has 2 aromatic carbocycles. The molecule has 258 valence electrons. The van der Waals surface area contributed by atoms with Gasteiger partial charge in [0.15, 0.2) is 0 Å². The lowest BCUT2D eigenvalue weighted by Crippen LogP contribution is -2.55. The number of hydrogen-bond acceptors (Lipinski definition) is 8. The summed E-state index contributed by atoms with van der Waals surface area (Å²) in [5, 5.41) is 21.3. The van der Waals surface area contributed by atoms with Crippen LogP contribution in [0.2, 0.25) is 10.0 Å². The van der Waals surface area contributed by atoms with E-state index in [-0.39, 0.29) is 65.0 Å². The summed E-state index contributed by atoms with van der Waals surface area (Å²) in [6.07, 6.45) is -2.16. The highest BCUT2D eigenvalue weighted by atomic mass is 35.5. The van der Waals surface area contributed by atoms with E-state index in [2.05, 4.69) is 21.3 Å². The quantitative estimate of drug-likeness (QED) is 0.104. The molecule has 15 heteroatoms. The van der Waals surface area contributed by atoms with E-state index in [4.69, 9.17) is 37.4 Å². The van der Waals surface area contributed by atoms with Gasteiger partial charge in [0.25, 0.3) is 0 Å². The molecular weight excluding hydrogens is 655 g/mol. The lowest BCUT2D eigenvalue weighted by molar-refractivity contribution is -0.148. The number of ether oxygens (including phenoxy) is 3. The predicted molar refractivity (Wildman–Crippen MR) is 175 cm³/mol. The lowest BCUT2D eigenvalue weighted by Gasteiger charge is -2.31. The Morgan fingerprint density at radius 2 is 1.15 bits per heavy atom. The van der Waals surface area contributed by atoms with E-state index in [9.17, 15) is 29.1 Å². The number of carboxylic acid groups (broad SMARTS) is 1. The Morgan fingerprint density at radius 1 is 0.702 bits per heavy atom. The first-order chi connectivity index (χ1) is 22.2. The standard InChI is InChI=1S/C32H42Cl2N4O9/c1-31(2,3)47-30(44)37-19-14-26(39)38-32(27(40)41,15-8-17-35-28(42)45-20-22-10-4-6-12-24(22)33)16-9-18-36-29(43)46-21-23-11-5-7-13-25(23)34/h4-7,10-13H,8-9,14-21H2,1-3H3,(H,35,42)(H,36,43)(H,37,44)(H,38,39)(H,40,41). The fourth-order valence-corrected chi connectivity index (χ4v) is 4.60. The normalized spacial score (nSPS) is 11.2. The topological polar surface area (TPSA) is 181 Å². The number of carbonyl (C=O) groups excluding carboxylic acids is 4. The van der Waals surface area contributed by atoms with Crippen LogP contribution in [0.1, 0.15) is 64.0 Å². The Bertz CT molecular complexity index is 1300. The largest absolute Gasteiger partial charge is 0.480 e. The summed E-state index contributed by atoms with van der Waals surface area (Å²) in [4.78, 5) is 61.7. The van der Waals surface area contributed by atoms with Crippen molar-refractivity contribution in [3.63, 3.8) is 0 Å². The third kappa shape index (κ3) is 15.3. The average Bonchev–Trinajstić information content (AvgIpc) is 2.99. The Morgan fingerprint density at radius 3 is 1.57 bits per heavy atom. The van der Waals surface area contributed by atoms with E-state index in [1.54, 1.807) is 69.3 Å². The van der Waals surface area contributed by atoms with Crippen molar-refractivity contribution in [1.82, 2.24) is 21.3 Å². The smallest absolute Gasteiger partial charge is 0.407 e. The first-order valence-electron chi connectivity index (χ1n) is 15.0. The maximum Gasteiger partial charge on any atom is 0.407 e. The summed E-state index contributed by atoms with van der Waals surface area (Å²) in [7, 11) is 0. The van der Waals surface area contributed by atoms with Gasteiger partial charge in [-0.05, 0) is 58.6 Å². The number of carboxylic acids is 1. The van der Waals surface area contributed by atoms with Crippen LogP contribution in [0.25, 0.3) is 0 Å². The van der Waals surface area contributed by atoms with Crippen molar-refractivity contribution in [1.29, 1.82) is 0 Å². The molecule has 0 radical (unpaired) electrons. The van der Waals surface area contributed by atoms with E-state index in [0.717, 1.165) is 0 Å². The minimum atomic E-state index is -1.74. The molecule has 0 saturated carbocycles.